The molecule has 140 valence electrons. The minimum atomic E-state index is -0.647. The topological polar surface area (TPSA) is 152 Å². The number of nitro benzene ring substituents is 2. The largest absolute Gasteiger partial charge is 0.316 e. The first kappa shape index (κ1) is 18.5. The van der Waals surface area contributed by atoms with Crippen LogP contribution in [0.4, 0.5) is 11.4 Å². The summed E-state index contributed by atoms with van der Waals surface area (Å²) in [5, 5.41) is 21.5. The van der Waals surface area contributed by atoms with Crippen molar-refractivity contribution in [1.29, 1.82) is 0 Å². The number of hydrogen-bond donors (Lipinski definition) is 2. The van der Waals surface area contributed by atoms with Crippen molar-refractivity contribution in [2.45, 2.75) is 0 Å². The van der Waals surface area contributed by atoms with Crippen LogP contribution in [0.15, 0.2) is 58.1 Å². The maximum Gasteiger partial charge on any atom is 0.276 e. The van der Waals surface area contributed by atoms with Crippen molar-refractivity contribution in [2.75, 3.05) is 0 Å². The number of hydrogen-bond acceptors (Lipinski definition) is 6. The van der Waals surface area contributed by atoms with Crippen LogP contribution in [0.3, 0.4) is 0 Å². The number of H-pyrrole nitrogens is 2. The molecule has 0 bridgehead atoms. The monoisotopic (exact) mass is 380 g/mol. The molecule has 1 aromatic heterocycles. The lowest BCUT2D eigenvalue weighted by Gasteiger charge is -1.97. The molecular formula is C18H12N4O6. The molecule has 2 N–H and O–H groups in total. The average molecular weight is 380 g/mol. The van der Waals surface area contributed by atoms with Gasteiger partial charge in [-0.15, -0.1) is 0 Å². The van der Waals surface area contributed by atoms with E-state index in [0.29, 0.717) is 5.56 Å². The first-order valence-corrected chi connectivity index (χ1v) is 7.89. The molecule has 3 rings (SSSR count). The summed E-state index contributed by atoms with van der Waals surface area (Å²) in [6.07, 6.45) is 2.58. The van der Waals surface area contributed by atoms with E-state index in [1.165, 1.54) is 54.6 Å². The molecule has 0 aliphatic carbocycles. The molecule has 10 heteroatoms. The molecule has 0 radical (unpaired) electrons. The minimum Gasteiger partial charge on any atom is -0.316 e. The number of aromatic nitrogens is 2. The first-order valence-electron chi connectivity index (χ1n) is 7.89. The molecule has 28 heavy (non-hydrogen) atoms. The van der Waals surface area contributed by atoms with Crippen molar-refractivity contribution in [2.24, 2.45) is 0 Å². The van der Waals surface area contributed by atoms with Gasteiger partial charge in [0.25, 0.3) is 22.5 Å². The normalized spacial score (nSPS) is 12.1. The van der Waals surface area contributed by atoms with Gasteiger partial charge in [-0.05, 0) is 35.9 Å². The Kier molecular flexibility index (Phi) is 4.94. The Morgan fingerprint density at radius 2 is 1.32 bits per heavy atom. The quantitative estimate of drug-likeness (QED) is 0.498. The Hall–Kier alpha value is -4.34. The summed E-state index contributed by atoms with van der Waals surface area (Å²) in [6, 6.07) is 11.2. The van der Waals surface area contributed by atoms with Gasteiger partial charge in [-0.25, -0.2) is 0 Å². The predicted molar refractivity (Wildman–Crippen MR) is 100 cm³/mol. The van der Waals surface area contributed by atoms with E-state index in [1.54, 1.807) is 6.07 Å². The number of para-hydroxylation sites is 1. The highest BCUT2D eigenvalue weighted by atomic mass is 16.6. The van der Waals surface area contributed by atoms with Crippen molar-refractivity contribution in [3.63, 3.8) is 0 Å². The molecule has 0 saturated heterocycles. The number of nitrogens with zero attached hydrogens (tertiary/aromatic N) is 2. The highest BCUT2D eigenvalue weighted by Crippen LogP contribution is 2.17. The summed E-state index contributed by atoms with van der Waals surface area (Å²) in [7, 11) is 0. The summed E-state index contributed by atoms with van der Waals surface area (Å²) in [5.74, 6) is 0. The van der Waals surface area contributed by atoms with Crippen molar-refractivity contribution in [1.82, 2.24) is 9.97 Å². The fraction of sp³-hybridized carbons (Fsp3) is 0. The standard InChI is InChI=1S/C18H12N4O6/c23-17-14(9-11-5-7-13(8-6-11)21(25)26)19-18(24)15(20-17)10-12-3-1-2-4-16(12)22(27)28/h1-10H,(H,19,24)(H,20,23)/b14-9-,15-10-. The van der Waals surface area contributed by atoms with Gasteiger partial charge in [-0.2, -0.15) is 0 Å². The number of benzene rings is 2. The summed E-state index contributed by atoms with van der Waals surface area (Å²) < 4.78 is 0. The molecule has 0 unspecified atom stereocenters. The molecule has 0 amide bonds. The number of nitrogens with one attached hydrogen (secondary N) is 2. The molecule has 10 nitrogen and oxygen atoms in total. The van der Waals surface area contributed by atoms with Crippen LogP contribution in [-0.4, -0.2) is 19.8 Å². The number of aromatic amines is 2. The van der Waals surface area contributed by atoms with Crippen molar-refractivity contribution in [3.05, 3.63) is 111 Å². The van der Waals surface area contributed by atoms with Gasteiger partial charge < -0.3 is 9.97 Å². The van der Waals surface area contributed by atoms with E-state index >= 15 is 0 Å². The SMILES string of the molecule is O=c1[nH]/c(=C\c2ccccc2[N+](=O)[O-])c(=O)[nH]/c1=C\c1ccc([N+](=O)[O-])cc1. The van der Waals surface area contributed by atoms with Gasteiger partial charge in [0.05, 0.1) is 15.4 Å². The summed E-state index contributed by atoms with van der Waals surface area (Å²) in [6.45, 7) is 0. The highest BCUT2D eigenvalue weighted by Gasteiger charge is 2.10. The Morgan fingerprint density at radius 1 is 0.750 bits per heavy atom. The van der Waals surface area contributed by atoms with E-state index in [4.69, 9.17) is 0 Å². The molecule has 2 aromatic carbocycles. The third-order valence-electron chi connectivity index (χ3n) is 3.83. The lowest BCUT2D eigenvalue weighted by Crippen LogP contribution is -2.46. The van der Waals surface area contributed by atoms with Gasteiger partial charge in [-0.1, -0.05) is 12.1 Å². The molecule has 1 heterocycles. The highest BCUT2D eigenvalue weighted by molar-refractivity contribution is 5.59. The third kappa shape index (κ3) is 3.90. The minimum absolute atomic E-state index is 0.0569. The zero-order valence-electron chi connectivity index (χ0n) is 14.1. The van der Waals surface area contributed by atoms with Gasteiger partial charge in [0, 0.05) is 18.2 Å². The lowest BCUT2D eigenvalue weighted by atomic mass is 10.1. The average Bonchev–Trinajstić information content (AvgIpc) is 2.66. The van der Waals surface area contributed by atoms with E-state index in [1.807, 2.05) is 0 Å². The van der Waals surface area contributed by atoms with E-state index in [2.05, 4.69) is 9.97 Å². The van der Waals surface area contributed by atoms with Crippen molar-refractivity contribution < 1.29 is 9.85 Å². The molecule has 0 aliphatic heterocycles. The number of non-ortho nitro benzene ring substituents is 1. The third-order valence-corrected chi connectivity index (χ3v) is 3.83. The summed E-state index contributed by atoms with van der Waals surface area (Å²) in [5.41, 5.74) is -0.935. The fourth-order valence-electron chi connectivity index (χ4n) is 2.49. The molecule has 0 aliphatic rings. The molecule has 0 spiro atoms. The van der Waals surface area contributed by atoms with Crippen molar-refractivity contribution in [3.8, 4) is 0 Å². The van der Waals surface area contributed by atoms with Crippen LogP contribution in [0.25, 0.3) is 12.2 Å². The second kappa shape index (κ2) is 7.50. The van der Waals surface area contributed by atoms with Crippen LogP contribution in [-0.2, 0) is 0 Å². The van der Waals surface area contributed by atoms with Gasteiger partial charge >= 0.3 is 0 Å². The summed E-state index contributed by atoms with van der Waals surface area (Å²) >= 11 is 0. The molecule has 3 aromatic rings. The first-order chi connectivity index (χ1) is 13.3. The molecule has 0 atom stereocenters. The second-order valence-corrected chi connectivity index (χ2v) is 5.69. The van der Waals surface area contributed by atoms with Crippen LogP contribution < -0.4 is 21.8 Å². The maximum atomic E-state index is 12.3. The zero-order chi connectivity index (χ0) is 20.3. The number of rotatable bonds is 4. The fourth-order valence-corrected chi connectivity index (χ4v) is 2.49. The van der Waals surface area contributed by atoms with E-state index in [0.717, 1.165) is 0 Å². The van der Waals surface area contributed by atoms with Crippen LogP contribution >= 0.6 is 0 Å². The maximum absolute atomic E-state index is 12.3. The lowest BCUT2D eigenvalue weighted by molar-refractivity contribution is -0.385. The Labute approximate surface area is 155 Å². The van der Waals surface area contributed by atoms with E-state index < -0.39 is 21.0 Å². The smallest absolute Gasteiger partial charge is 0.276 e. The predicted octanol–water partition coefficient (Wildman–Crippen LogP) is 0.537. The Bertz CT molecular complexity index is 1310. The molecule has 0 saturated carbocycles. The van der Waals surface area contributed by atoms with E-state index in [9.17, 15) is 29.8 Å². The Morgan fingerprint density at radius 3 is 1.89 bits per heavy atom. The van der Waals surface area contributed by atoms with Crippen LogP contribution in [0.2, 0.25) is 0 Å². The van der Waals surface area contributed by atoms with Gasteiger partial charge in [0.1, 0.15) is 10.7 Å². The zero-order valence-corrected chi connectivity index (χ0v) is 14.1. The van der Waals surface area contributed by atoms with Gasteiger partial charge in [0.15, 0.2) is 0 Å². The Balaban J connectivity index is 2.10. The van der Waals surface area contributed by atoms with Gasteiger partial charge in [-0.3, -0.25) is 29.8 Å². The van der Waals surface area contributed by atoms with Crippen LogP contribution in [0.5, 0.6) is 0 Å². The molecular weight excluding hydrogens is 368 g/mol. The van der Waals surface area contributed by atoms with Crippen molar-refractivity contribution >= 4 is 23.5 Å². The summed E-state index contributed by atoms with van der Waals surface area (Å²) in [4.78, 5) is 49.9. The van der Waals surface area contributed by atoms with E-state index in [-0.39, 0.29) is 27.6 Å². The van der Waals surface area contributed by atoms with Gasteiger partial charge in [0.2, 0.25) is 0 Å². The number of nitro groups is 2. The van der Waals surface area contributed by atoms with Crippen LogP contribution in [0.1, 0.15) is 11.1 Å². The molecule has 0 fully saturated rings. The second-order valence-electron chi connectivity index (χ2n) is 5.69. The van der Waals surface area contributed by atoms with Crippen LogP contribution in [0, 0.1) is 20.2 Å².